The molecule has 2 fully saturated rings. The van der Waals surface area contributed by atoms with Gasteiger partial charge in [-0.3, -0.25) is 4.98 Å². The largest absolute Gasteiger partial charge is 0.300 e. The summed E-state index contributed by atoms with van der Waals surface area (Å²) in [6, 6.07) is 4.30. The molecule has 5 heterocycles. The molecule has 1 aliphatic heterocycles. The molecule has 4 aromatic rings. The van der Waals surface area contributed by atoms with Gasteiger partial charge in [0.2, 0.25) is 0 Å². The fraction of sp³-hybridized carbons (Fsp3) is 0.478. The second kappa shape index (κ2) is 7.81. The maximum Gasteiger partial charge on any atom is 0.267 e. The van der Waals surface area contributed by atoms with E-state index < -0.39 is 6.43 Å². The number of aryl methyl sites for hydroxylation is 1. The first-order valence-corrected chi connectivity index (χ1v) is 12.0. The first-order chi connectivity index (χ1) is 15.5. The zero-order valence-corrected chi connectivity index (χ0v) is 18.7. The van der Waals surface area contributed by atoms with Crippen LogP contribution in [0.15, 0.2) is 24.5 Å². The van der Waals surface area contributed by atoms with Gasteiger partial charge in [0.25, 0.3) is 6.43 Å². The van der Waals surface area contributed by atoms with E-state index in [2.05, 4.69) is 26.0 Å². The van der Waals surface area contributed by atoms with E-state index >= 15 is 0 Å². The van der Waals surface area contributed by atoms with E-state index in [1.54, 1.807) is 30.7 Å². The Hall–Kier alpha value is -2.52. The minimum absolute atomic E-state index is 0.143. The summed E-state index contributed by atoms with van der Waals surface area (Å²) >= 11 is 1.68. The summed E-state index contributed by atoms with van der Waals surface area (Å²) in [6.45, 7) is 4.29. The number of halogens is 2. The van der Waals surface area contributed by atoms with Gasteiger partial charge in [0, 0.05) is 10.9 Å². The molecule has 1 aliphatic carbocycles. The third-order valence-corrected chi connectivity index (χ3v) is 8.02. The SMILES string of the molecule is Cc1cn2nc(-c3cnc4cc(C5CCC(N6CCC6)CC5)sc4n3)cc(C(F)F)c2n1. The molecule has 0 radical (unpaired) electrons. The molecule has 166 valence electrons. The minimum atomic E-state index is -2.64. The van der Waals surface area contributed by atoms with Crippen molar-refractivity contribution in [1.29, 1.82) is 0 Å². The van der Waals surface area contributed by atoms with E-state index in [4.69, 9.17) is 4.98 Å². The summed E-state index contributed by atoms with van der Waals surface area (Å²) in [5.74, 6) is 0.561. The summed E-state index contributed by atoms with van der Waals surface area (Å²) < 4.78 is 28.7. The van der Waals surface area contributed by atoms with E-state index in [1.807, 2.05) is 0 Å². The van der Waals surface area contributed by atoms with Crippen molar-refractivity contribution in [2.24, 2.45) is 0 Å². The lowest BCUT2D eigenvalue weighted by atomic mass is 9.83. The summed E-state index contributed by atoms with van der Waals surface area (Å²) in [5.41, 5.74) is 2.43. The molecule has 1 saturated heterocycles. The number of likely N-dealkylation sites (tertiary alicyclic amines) is 1. The highest BCUT2D eigenvalue weighted by Gasteiger charge is 2.30. The molecule has 0 aromatic carbocycles. The van der Waals surface area contributed by atoms with Crippen molar-refractivity contribution < 1.29 is 8.78 Å². The Balaban J connectivity index is 1.30. The molecule has 0 amide bonds. The molecule has 1 saturated carbocycles. The van der Waals surface area contributed by atoms with Gasteiger partial charge in [0.1, 0.15) is 21.7 Å². The number of hydrogen-bond donors (Lipinski definition) is 0. The molecule has 0 spiro atoms. The molecule has 9 heteroatoms. The lowest BCUT2D eigenvalue weighted by molar-refractivity contribution is 0.0872. The van der Waals surface area contributed by atoms with E-state index in [1.165, 1.54) is 60.7 Å². The van der Waals surface area contributed by atoms with Crippen LogP contribution >= 0.6 is 11.3 Å². The summed E-state index contributed by atoms with van der Waals surface area (Å²) in [6.07, 6.45) is 6.91. The van der Waals surface area contributed by atoms with Gasteiger partial charge in [0.05, 0.1) is 23.7 Å². The van der Waals surface area contributed by atoms with Crippen LogP contribution in [0.5, 0.6) is 0 Å². The maximum absolute atomic E-state index is 13.6. The minimum Gasteiger partial charge on any atom is -0.300 e. The first kappa shape index (κ1) is 20.1. The number of rotatable bonds is 4. The highest BCUT2D eigenvalue weighted by atomic mass is 32.1. The Bertz CT molecular complexity index is 1290. The number of hydrogen-bond acceptors (Lipinski definition) is 6. The van der Waals surface area contributed by atoms with Gasteiger partial charge in [0.15, 0.2) is 5.65 Å². The molecule has 2 aliphatic rings. The fourth-order valence-electron chi connectivity index (χ4n) is 4.99. The molecular formula is C23H24F2N6S. The van der Waals surface area contributed by atoms with Crippen LogP contribution in [0.1, 0.15) is 60.6 Å². The van der Waals surface area contributed by atoms with Gasteiger partial charge < -0.3 is 4.90 Å². The smallest absolute Gasteiger partial charge is 0.267 e. The monoisotopic (exact) mass is 454 g/mol. The number of aromatic nitrogens is 5. The van der Waals surface area contributed by atoms with Gasteiger partial charge >= 0.3 is 0 Å². The van der Waals surface area contributed by atoms with Crippen LogP contribution in [-0.2, 0) is 0 Å². The number of imidazole rings is 1. The van der Waals surface area contributed by atoms with Crippen LogP contribution < -0.4 is 0 Å². The Labute approximate surface area is 188 Å². The predicted octanol–water partition coefficient (Wildman–Crippen LogP) is 5.38. The predicted molar refractivity (Wildman–Crippen MR) is 120 cm³/mol. The zero-order chi connectivity index (χ0) is 21.8. The van der Waals surface area contributed by atoms with Crippen LogP contribution in [0.4, 0.5) is 8.78 Å². The fourth-order valence-corrected chi connectivity index (χ4v) is 6.14. The van der Waals surface area contributed by atoms with Gasteiger partial charge in [-0.1, -0.05) is 0 Å². The van der Waals surface area contributed by atoms with Gasteiger partial charge in [-0.05, 0) is 70.2 Å². The van der Waals surface area contributed by atoms with Crippen LogP contribution in [0.25, 0.3) is 27.4 Å². The third kappa shape index (κ3) is 3.47. The molecule has 0 bridgehead atoms. The zero-order valence-electron chi connectivity index (χ0n) is 17.8. The Kier molecular flexibility index (Phi) is 4.91. The van der Waals surface area contributed by atoms with Crippen molar-refractivity contribution >= 4 is 27.3 Å². The van der Waals surface area contributed by atoms with Gasteiger partial charge in [-0.25, -0.2) is 23.3 Å². The molecule has 0 atom stereocenters. The van der Waals surface area contributed by atoms with Gasteiger partial charge in [-0.15, -0.1) is 11.3 Å². The number of alkyl halides is 2. The molecule has 6 rings (SSSR count). The van der Waals surface area contributed by atoms with Crippen LogP contribution in [0.2, 0.25) is 0 Å². The van der Waals surface area contributed by atoms with Crippen molar-refractivity contribution in [3.63, 3.8) is 0 Å². The molecule has 6 nitrogen and oxygen atoms in total. The van der Waals surface area contributed by atoms with Gasteiger partial charge in [-0.2, -0.15) is 5.10 Å². The van der Waals surface area contributed by atoms with Crippen molar-refractivity contribution in [3.8, 4) is 11.4 Å². The maximum atomic E-state index is 13.6. The average molecular weight is 455 g/mol. The van der Waals surface area contributed by atoms with Crippen LogP contribution in [-0.4, -0.2) is 48.6 Å². The van der Waals surface area contributed by atoms with E-state index in [-0.39, 0.29) is 11.2 Å². The standard InChI is InChI=1S/C23H24F2N6S/c1-13-12-31-22(27-13)16(21(24)25)9-17(29-31)19-11-26-18-10-20(32-23(18)28-19)14-3-5-15(6-4-14)30-7-2-8-30/h9-12,14-15,21H,2-8H2,1H3. The molecule has 4 aromatic heterocycles. The third-order valence-electron chi connectivity index (χ3n) is 6.84. The van der Waals surface area contributed by atoms with Crippen LogP contribution in [0, 0.1) is 6.92 Å². The highest BCUT2D eigenvalue weighted by molar-refractivity contribution is 7.18. The second-order valence-corrected chi connectivity index (χ2v) is 9.99. The summed E-state index contributed by atoms with van der Waals surface area (Å²) in [5, 5.41) is 4.47. The van der Waals surface area contributed by atoms with Crippen LogP contribution in [0.3, 0.4) is 0 Å². The van der Waals surface area contributed by atoms with Crippen molar-refractivity contribution in [1.82, 2.24) is 29.5 Å². The first-order valence-electron chi connectivity index (χ1n) is 11.2. The summed E-state index contributed by atoms with van der Waals surface area (Å²) in [4.78, 5) is 18.3. The second-order valence-electron chi connectivity index (χ2n) is 8.93. The number of fused-ring (bicyclic) bond motifs is 2. The van der Waals surface area contributed by atoms with E-state index in [0.717, 1.165) is 16.4 Å². The molecule has 0 unspecified atom stereocenters. The quantitative estimate of drug-likeness (QED) is 0.414. The molecule has 32 heavy (non-hydrogen) atoms. The highest BCUT2D eigenvalue weighted by Crippen LogP contribution is 2.40. The summed E-state index contributed by atoms with van der Waals surface area (Å²) in [7, 11) is 0. The number of nitrogens with zero attached hydrogens (tertiary/aromatic N) is 6. The van der Waals surface area contributed by atoms with Crippen molar-refractivity contribution in [3.05, 3.63) is 40.7 Å². The van der Waals surface area contributed by atoms with E-state index in [9.17, 15) is 8.78 Å². The normalized spacial score (nSPS) is 22.1. The molecular weight excluding hydrogens is 430 g/mol. The van der Waals surface area contributed by atoms with Crippen molar-refractivity contribution in [2.45, 2.75) is 57.4 Å². The van der Waals surface area contributed by atoms with Crippen molar-refractivity contribution in [2.75, 3.05) is 13.1 Å². The Morgan fingerprint density at radius 3 is 2.59 bits per heavy atom. The Morgan fingerprint density at radius 1 is 1.06 bits per heavy atom. The lowest BCUT2D eigenvalue weighted by Crippen LogP contribution is -2.46. The Morgan fingerprint density at radius 2 is 1.88 bits per heavy atom. The average Bonchev–Trinajstić information content (AvgIpc) is 3.34. The topological polar surface area (TPSA) is 59.2 Å². The molecule has 0 N–H and O–H groups in total. The van der Waals surface area contributed by atoms with E-state index in [0.29, 0.717) is 23.0 Å². The lowest BCUT2D eigenvalue weighted by Gasteiger charge is -2.41. The number of thiophene rings is 1.